The quantitative estimate of drug-likeness (QED) is 0.641. The normalized spacial score (nSPS) is 15.4. The predicted octanol–water partition coefficient (Wildman–Crippen LogP) is 4.92. The summed E-state index contributed by atoms with van der Waals surface area (Å²) in [7, 11) is 0. The fraction of sp³-hybridized carbons (Fsp3) is 0.529. The summed E-state index contributed by atoms with van der Waals surface area (Å²) in [6.07, 6.45) is 8.99. The summed E-state index contributed by atoms with van der Waals surface area (Å²) >= 11 is 0. The average molecular weight is 243 g/mol. The van der Waals surface area contributed by atoms with Gasteiger partial charge in [0, 0.05) is 17.9 Å². The lowest BCUT2D eigenvalue weighted by molar-refractivity contribution is 0.667. The monoisotopic (exact) mass is 243 g/mol. The van der Waals surface area contributed by atoms with E-state index in [1.807, 2.05) is 0 Å². The van der Waals surface area contributed by atoms with Crippen molar-refractivity contribution in [2.45, 2.75) is 51.9 Å². The Kier molecular flexibility index (Phi) is 4.86. The van der Waals surface area contributed by atoms with Gasteiger partial charge in [0.15, 0.2) is 0 Å². The second-order valence-corrected chi connectivity index (χ2v) is 5.30. The minimum Gasteiger partial charge on any atom is -0.346 e. The molecule has 0 saturated carbocycles. The maximum atomic E-state index is 4.13. The second-order valence-electron chi connectivity index (χ2n) is 5.30. The summed E-state index contributed by atoms with van der Waals surface area (Å²) in [5.41, 5.74) is 4.06. The summed E-state index contributed by atoms with van der Waals surface area (Å²) in [5, 5.41) is 0. The number of anilines is 1. The van der Waals surface area contributed by atoms with Crippen molar-refractivity contribution in [2.24, 2.45) is 0 Å². The van der Waals surface area contributed by atoms with Gasteiger partial charge in [-0.05, 0) is 43.4 Å². The van der Waals surface area contributed by atoms with E-state index >= 15 is 0 Å². The van der Waals surface area contributed by atoms with Crippen LogP contribution in [0.15, 0.2) is 36.5 Å². The van der Waals surface area contributed by atoms with Crippen LogP contribution in [0.1, 0.15) is 51.0 Å². The van der Waals surface area contributed by atoms with Gasteiger partial charge >= 0.3 is 0 Å². The first-order valence-corrected chi connectivity index (χ1v) is 7.35. The third-order valence-electron chi connectivity index (χ3n) is 3.80. The molecular formula is C17H25N. The SMILES string of the molecule is C=C1CCCN1c1ccc(CCCCCC)cc1. The van der Waals surface area contributed by atoms with Crippen molar-refractivity contribution in [3.63, 3.8) is 0 Å². The molecule has 0 bridgehead atoms. The zero-order valence-corrected chi connectivity index (χ0v) is 11.6. The average Bonchev–Trinajstić information content (AvgIpc) is 2.82. The molecule has 1 heteroatoms. The summed E-state index contributed by atoms with van der Waals surface area (Å²) in [6, 6.07) is 9.08. The van der Waals surface area contributed by atoms with Crippen molar-refractivity contribution >= 4 is 5.69 Å². The number of nitrogens with zero attached hydrogens (tertiary/aromatic N) is 1. The Bertz CT molecular complexity index is 377. The van der Waals surface area contributed by atoms with Gasteiger partial charge in [-0.1, -0.05) is 44.9 Å². The van der Waals surface area contributed by atoms with Crippen LogP contribution in [0.4, 0.5) is 5.69 Å². The van der Waals surface area contributed by atoms with Gasteiger partial charge in [0.2, 0.25) is 0 Å². The zero-order valence-electron chi connectivity index (χ0n) is 11.6. The second kappa shape index (κ2) is 6.63. The van der Waals surface area contributed by atoms with Crippen LogP contribution in [0.2, 0.25) is 0 Å². The van der Waals surface area contributed by atoms with E-state index < -0.39 is 0 Å². The lowest BCUT2D eigenvalue weighted by Crippen LogP contribution is -2.15. The molecule has 1 saturated heterocycles. The molecule has 1 aliphatic rings. The van der Waals surface area contributed by atoms with Crippen molar-refractivity contribution in [1.82, 2.24) is 0 Å². The first-order valence-electron chi connectivity index (χ1n) is 7.35. The third kappa shape index (κ3) is 3.38. The third-order valence-corrected chi connectivity index (χ3v) is 3.80. The van der Waals surface area contributed by atoms with Gasteiger partial charge in [0.1, 0.15) is 0 Å². The summed E-state index contributed by atoms with van der Waals surface area (Å²) in [6.45, 7) is 7.53. The van der Waals surface area contributed by atoms with E-state index in [0.717, 1.165) is 13.0 Å². The molecule has 0 spiro atoms. The fourth-order valence-corrected chi connectivity index (χ4v) is 2.64. The Morgan fingerprint density at radius 1 is 1.11 bits per heavy atom. The van der Waals surface area contributed by atoms with Gasteiger partial charge in [0.05, 0.1) is 0 Å². The Hall–Kier alpha value is -1.24. The van der Waals surface area contributed by atoms with Crippen LogP contribution in [0, 0.1) is 0 Å². The molecule has 1 heterocycles. The van der Waals surface area contributed by atoms with Gasteiger partial charge < -0.3 is 4.90 Å². The molecular weight excluding hydrogens is 218 g/mol. The first kappa shape index (κ1) is 13.2. The molecule has 1 aromatic rings. The lowest BCUT2D eigenvalue weighted by Gasteiger charge is -2.19. The van der Waals surface area contributed by atoms with Crippen LogP contribution < -0.4 is 4.90 Å². The van der Waals surface area contributed by atoms with Crippen molar-refractivity contribution in [2.75, 3.05) is 11.4 Å². The first-order chi connectivity index (χ1) is 8.81. The number of unbranched alkanes of at least 4 members (excludes halogenated alkanes) is 3. The molecule has 0 radical (unpaired) electrons. The molecule has 2 rings (SSSR count). The molecule has 0 N–H and O–H groups in total. The summed E-state index contributed by atoms with van der Waals surface area (Å²) in [5.74, 6) is 0. The highest BCUT2D eigenvalue weighted by Gasteiger charge is 2.15. The van der Waals surface area contributed by atoms with E-state index in [4.69, 9.17) is 0 Å². The lowest BCUT2D eigenvalue weighted by atomic mass is 10.1. The maximum Gasteiger partial charge on any atom is 0.0408 e. The smallest absolute Gasteiger partial charge is 0.0408 e. The van der Waals surface area contributed by atoms with E-state index in [2.05, 4.69) is 42.7 Å². The molecule has 0 atom stereocenters. The minimum atomic E-state index is 1.13. The molecule has 1 fully saturated rings. The molecule has 18 heavy (non-hydrogen) atoms. The Labute approximate surface area is 112 Å². The zero-order chi connectivity index (χ0) is 12.8. The van der Waals surface area contributed by atoms with Crippen LogP contribution in [-0.2, 0) is 6.42 Å². The van der Waals surface area contributed by atoms with Gasteiger partial charge in [-0.25, -0.2) is 0 Å². The summed E-state index contributed by atoms with van der Waals surface area (Å²) in [4.78, 5) is 2.35. The molecule has 0 aliphatic carbocycles. The number of benzene rings is 1. The van der Waals surface area contributed by atoms with Crippen LogP contribution >= 0.6 is 0 Å². The largest absolute Gasteiger partial charge is 0.346 e. The molecule has 0 unspecified atom stereocenters. The van der Waals surface area contributed by atoms with E-state index in [0.29, 0.717) is 0 Å². The van der Waals surface area contributed by atoms with Gasteiger partial charge in [-0.3, -0.25) is 0 Å². The molecule has 1 aliphatic heterocycles. The highest BCUT2D eigenvalue weighted by molar-refractivity contribution is 5.53. The van der Waals surface area contributed by atoms with Crippen molar-refractivity contribution < 1.29 is 0 Å². The fourth-order valence-electron chi connectivity index (χ4n) is 2.64. The van der Waals surface area contributed by atoms with Gasteiger partial charge in [-0.2, -0.15) is 0 Å². The molecule has 1 aromatic carbocycles. The predicted molar refractivity (Wildman–Crippen MR) is 80.0 cm³/mol. The van der Waals surface area contributed by atoms with E-state index in [9.17, 15) is 0 Å². The van der Waals surface area contributed by atoms with Crippen LogP contribution in [0.3, 0.4) is 0 Å². The highest BCUT2D eigenvalue weighted by Crippen LogP contribution is 2.27. The Morgan fingerprint density at radius 2 is 1.89 bits per heavy atom. The van der Waals surface area contributed by atoms with Crippen molar-refractivity contribution in [3.8, 4) is 0 Å². The van der Waals surface area contributed by atoms with Crippen molar-refractivity contribution in [3.05, 3.63) is 42.1 Å². The number of aryl methyl sites for hydroxylation is 1. The summed E-state index contributed by atoms with van der Waals surface area (Å²) < 4.78 is 0. The van der Waals surface area contributed by atoms with E-state index in [1.165, 1.54) is 55.5 Å². The van der Waals surface area contributed by atoms with E-state index in [1.54, 1.807) is 0 Å². The number of hydrogen-bond acceptors (Lipinski definition) is 1. The highest BCUT2D eigenvalue weighted by atomic mass is 15.2. The molecule has 1 nitrogen and oxygen atoms in total. The molecule has 0 amide bonds. The minimum absolute atomic E-state index is 1.13. The van der Waals surface area contributed by atoms with Crippen LogP contribution in [-0.4, -0.2) is 6.54 Å². The number of hydrogen-bond donors (Lipinski definition) is 0. The van der Waals surface area contributed by atoms with Crippen molar-refractivity contribution in [1.29, 1.82) is 0 Å². The van der Waals surface area contributed by atoms with Gasteiger partial charge in [-0.15, -0.1) is 0 Å². The topological polar surface area (TPSA) is 3.24 Å². The molecule has 98 valence electrons. The van der Waals surface area contributed by atoms with Gasteiger partial charge in [0.25, 0.3) is 0 Å². The van der Waals surface area contributed by atoms with Crippen LogP contribution in [0.5, 0.6) is 0 Å². The maximum absolute atomic E-state index is 4.13. The Balaban J connectivity index is 1.87. The molecule has 0 aromatic heterocycles. The number of rotatable bonds is 6. The number of allylic oxidation sites excluding steroid dienone is 1. The standard InChI is InChI=1S/C17H25N/c1-3-4-5-6-9-16-10-12-17(13-11-16)18-14-7-8-15(18)2/h10-13H,2-9,14H2,1H3. The Morgan fingerprint density at radius 3 is 2.50 bits per heavy atom. The van der Waals surface area contributed by atoms with Crippen LogP contribution in [0.25, 0.3) is 0 Å². The van der Waals surface area contributed by atoms with E-state index in [-0.39, 0.29) is 0 Å².